The highest BCUT2D eigenvalue weighted by Gasteiger charge is 2.25. The lowest BCUT2D eigenvalue weighted by molar-refractivity contribution is -0.684. The van der Waals surface area contributed by atoms with Crippen LogP contribution in [-0.2, 0) is 21.4 Å². The number of para-hydroxylation sites is 1. The van der Waals surface area contributed by atoms with Crippen molar-refractivity contribution in [1.82, 2.24) is 0 Å². The van der Waals surface area contributed by atoms with E-state index in [0.717, 1.165) is 0 Å². The van der Waals surface area contributed by atoms with Crippen LogP contribution in [0.5, 0.6) is 5.75 Å². The maximum absolute atomic E-state index is 13.2. The largest absolute Gasteiger partial charge is 1.00 e. The standard InChI is InChI=1S/C21H20ClN3O4S.ClH/c1-2-25(16-7-4-3-5-8-16)30(28,29)18-10-11-19(22)20(13-18)23-21(27)15-24-12-6-9-17(26)14-24;/h3-14H,2,15H2,1H3,(H-,23,26,27);1H. The monoisotopic (exact) mass is 481 g/mol. The summed E-state index contributed by atoms with van der Waals surface area (Å²) in [4.78, 5) is 12.4. The van der Waals surface area contributed by atoms with E-state index < -0.39 is 15.9 Å². The van der Waals surface area contributed by atoms with Gasteiger partial charge in [0.2, 0.25) is 12.7 Å². The Hall–Kier alpha value is -2.81. The summed E-state index contributed by atoms with van der Waals surface area (Å²) in [6.45, 7) is 1.91. The first-order valence-corrected chi connectivity index (χ1v) is 11.0. The molecule has 1 amide bonds. The molecule has 10 heteroatoms. The van der Waals surface area contributed by atoms with Gasteiger partial charge in [-0.15, -0.1) is 0 Å². The molecule has 0 aliphatic rings. The zero-order valence-electron chi connectivity index (χ0n) is 16.6. The third-order valence-electron chi connectivity index (χ3n) is 4.30. The Bertz CT molecular complexity index is 1160. The molecule has 3 aromatic rings. The smallest absolute Gasteiger partial charge is 0.290 e. The number of hydrogen-bond acceptors (Lipinski definition) is 4. The minimum absolute atomic E-state index is 0. The number of rotatable bonds is 7. The fourth-order valence-electron chi connectivity index (χ4n) is 2.94. The lowest BCUT2D eigenvalue weighted by Crippen LogP contribution is -3.00. The first kappa shape index (κ1) is 24.5. The van der Waals surface area contributed by atoms with Gasteiger partial charge in [0.25, 0.3) is 15.9 Å². The van der Waals surface area contributed by atoms with Crippen LogP contribution < -0.4 is 26.6 Å². The lowest BCUT2D eigenvalue weighted by atomic mass is 10.3. The van der Waals surface area contributed by atoms with Crippen molar-refractivity contribution in [1.29, 1.82) is 0 Å². The highest BCUT2D eigenvalue weighted by molar-refractivity contribution is 7.92. The lowest BCUT2D eigenvalue weighted by Gasteiger charge is -2.23. The fraction of sp³-hybridized carbons (Fsp3) is 0.143. The molecule has 1 heterocycles. The van der Waals surface area contributed by atoms with Crippen LogP contribution in [0.2, 0.25) is 5.02 Å². The Morgan fingerprint density at radius 1 is 1.13 bits per heavy atom. The van der Waals surface area contributed by atoms with Crippen LogP contribution >= 0.6 is 11.6 Å². The summed E-state index contributed by atoms with van der Waals surface area (Å²) in [7, 11) is -3.86. The van der Waals surface area contributed by atoms with E-state index in [1.54, 1.807) is 43.5 Å². The number of sulfonamides is 1. The Kier molecular flexibility index (Phi) is 8.27. The Morgan fingerprint density at radius 2 is 1.84 bits per heavy atom. The van der Waals surface area contributed by atoms with Gasteiger partial charge in [-0.25, -0.2) is 8.42 Å². The minimum atomic E-state index is -3.86. The summed E-state index contributed by atoms with van der Waals surface area (Å²) in [6.07, 6.45) is 3.03. The van der Waals surface area contributed by atoms with Crippen molar-refractivity contribution >= 4 is 38.9 Å². The van der Waals surface area contributed by atoms with Gasteiger partial charge in [-0.3, -0.25) is 9.10 Å². The zero-order chi connectivity index (χ0) is 21.7. The molecule has 2 N–H and O–H groups in total. The molecule has 164 valence electrons. The second kappa shape index (κ2) is 10.5. The molecule has 0 saturated heterocycles. The van der Waals surface area contributed by atoms with Gasteiger partial charge in [-0.05, 0) is 43.3 Å². The number of amides is 1. The van der Waals surface area contributed by atoms with Crippen molar-refractivity contribution in [3.63, 3.8) is 0 Å². The number of carbonyl (C=O) groups excluding carboxylic acids is 1. The van der Waals surface area contributed by atoms with E-state index in [4.69, 9.17) is 11.6 Å². The highest BCUT2D eigenvalue weighted by Crippen LogP contribution is 2.29. The summed E-state index contributed by atoms with van der Waals surface area (Å²) in [5.74, 6) is -0.394. The van der Waals surface area contributed by atoms with Crippen LogP contribution in [0.25, 0.3) is 0 Å². The summed E-state index contributed by atoms with van der Waals surface area (Å²) in [5.41, 5.74) is 0.730. The normalized spacial score (nSPS) is 10.8. The molecule has 0 bridgehead atoms. The predicted octanol–water partition coefficient (Wildman–Crippen LogP) is 0.191. The Morgan fingerprint density at radius 3 is 2.48 bits per heavy atom. The maximum atomic E-state index is 13.2. The first-order valence-electron chi connectivity index (χ1n) is 9.16. The summed E-state index contributed by atoms with van der Waals surface area (Å²) in [5, 5.41) is 12.4. The highest BCUT2D eigenvalue weighted by atomic mass is 35.5. The molecular weight excluding hydrogens is 461 g/mol. The third-order valence-corrected chi connectivity index (χ3v) is 6.53. The average Bonchev–Trinajstić information content (AvgIpc) is 2.70. The molecule has 3 rings (SSSR count). The predicted molar refractivity (Wildman–Crippen MR) is 115 cm³/mol. The SMILES string of the molecule is CCN(c1ccccc1)S(=O)(=O)c1ccc(Cl)c(NC(=O)C[n+]2cccc(O)c2)c1.[Cl-]. The zero-order valence-corrected chi connectivity index (χ0v) is 18.9. The Labute approximate surface area is 192 Å². The number of pyridine rings is 1. The molecule has 1 aromatic heterocycles. The van der Waals surface area contributed by atoms with Crippen molar-refractivity contribution in [3.05, 3.63) is 78.1 Å². The van der Waals surface area contributed by atoms with Gasteiger partial charge in [0, 0.05) is 12.6 Å². The Balaban J connectivity index is 0.00000341. The molecule has 0 spiro atoms. The van der Waals surface area contributed by atoms with E-state index in [1.165, 1.54) is 39.3 Å². The fourth-order valence-corrected chi connectivity index (χ4v) is 4.60. The number of benzene rings is 2. The number of nitrogens with one attached hydrogen (secondary N) is 1. The van der Waals surface area contributed by atoms with Gasteiger partial charge >= 0.3 is 0 Å². The molecule has 0 atom stereocenters. The number of aromatic hydroxyl groups is 1. The molecule has 31 heavy (non-hydrogen) atoms. The van der Waals surface area contributed by atoms with Gasteiger partial charge in [0.15, 0.2) is 11.9 Å². The molecule has 0 saturated carbocycles. The van der Waals surface area contributed by atoms with Gasteiger partial charge < -0.3 is 22.8 Å². The van der Waals surface area contributed by atoms with Crippen molar-refractivity contribution in [3.8, 4) is 5.75 Å². The van der Waals surface area contributed by atoms with Crippen molar-refractivity contribution in [2.45, 2.75) is 18.4 Å². The molecule has 0 unspecified atom stereocenters. The maximum Gasteiger partial charge on any atom is 0.290 e. The molecule has 7 nitrogen and oxygen atoms in total. The van der Waals surface area contributed by atoms with Crippen LogP contribution in [0.4, 0.5) is 11.4 Å². The molecule has 0 radical (unpaired) electrons. The number of hydrogen-bond donors (Lipinski definition) is 2. The van der Waals surface area contributed by atoms with E-state index in [2.05, 4.69) is 5.32 Å². The van der Waals surface area contributed by atoms with Gasteiger partial charge in [-0.2, -0.15) is 4.57 Å². The minimum Gasteiger partial charge on any atom is -1.00 e. The molecule has 2 aromatic carbocycles. The molecule has 0 fully saturated rings. The number of nitrogens with zero attached hydrogens (tertiary/aromatic N) is 2. The number of anilines is 2. The van der Waals surface area contributed by atoms with E-state index in [-0.39, 0.29) is 46.9 Å². The quantitative estimate of drug-likeness (QED) is 0.471. The van der Waals surface area contributed by atoms with E-state index in [0.29, 0.717) is 5.69 Å². The van der Waals surface area contributed by atoms with Crippen molar-refractivity contribution in [2.24, 2.45) is 0 Å². The van der Waals surface area contributed by atoms with Crippen LogP contribution in [-0.4, -0.2) is 26.0 Å². The van der Waals surface area contributed by atoms with Crippen LogP contribution in [0.3, 0.4) is 0 Å². The van der Waals surface area contributed by atoms with Crippen molar-refractivity contribution in [2.75, 3.05) is 16.2 Å². The number of aromatic nitrogens is 1. The van der Waals surface area contributed by atoms with Gasteiger partial charge in [-0.1, -0.05) is 29.8 Å². The van der Waals surface area contributed by atoms with Gasteiger partial charge in [0.05, 0.1) is 21.3 Å². The molecule has 0 aliphatic carbocycles. The van der Waals surface area contributed by atoms with Crippen molar-refractivity contribution < 1.29 is 35.3 Å². The van der Waals surface area contributed by atoms with Crippen LogP contribution in [0, 0.1) is 0 Å². The van der Waals surface area contributed by atoms with Crippen LogP contribution in [0.1, 0.15) is 6.92 Å². The number of carbonyl (C=O) groups is 1. The average molecular weight is 482 g/mol. The molecule has 0 aliphatic heterocycles. The van der Waals surface area contributed by atoms with E-state index in [9.17, 15) is 18.3 Å². The van der Waals surface area contributed by atoms with E-state index >= 15 is 0 Å². The van der Waals surface area contributed by atoms with Crippen LogP contribution in [0.15, 0.2) is 78.0 Å². The van der Waals surface area contributed by atoms with E-state index in [1.807, 2.05) is 6.07 Å². The van der Waals surface area contributed by atoms with Gasteiger partial charge in [0.1, 0.15) is 0 Å². The second-order valence-corrected chi connectivity index (χ2v) is 8.70. The first-order chi connectivity index (χ1) is 14.3. The summed E-state index contributed by atoms with van der Waals surface area (Å²) < 4.78 is 29.1. The second-order valence-electron chi connectivity index (χ2n) is 6.43. The molecular formula is C21H21Cl2N3O4S. The number of halogens is 2. The summed E-state index contributed by atoms with van der Waals surface area (Å²) >= 11 is 6.18. The third kappa shape index (κ3) is 5.88. The summed E-state index contributed by atoms with van der Waals surface area (Å²) in [6, 6.07) is 16.0. The topological polar surface area (TPSA) is 90.6 Å².